The predicted octanol–water partition coefficient (Wildman–Crippen LogP) is 3.78. The monoisotopic (exact) mass is 453 g/mol. The first-order valence-electron chi connectivity index (χ1n) is 10.7. The zero-order valence-electron chi connectivity index (χ0n) is 17.9. The molecular weight excluding hydrogens is 428 g/mol. The van der Waals surface area contributed by atoms with Gasteiger partial charge in [0.05, 0.1) is 17.4 Å². The molecule has 0 bridgehead atoms. The van der Waals surface area contributed by atoms with Crippen LogP contribution >= 0.6 is 0 Å². The van der Waals surface area contributed by atoms with E-state index in [0.717, 1.165) is 43.4 Å². The van der Waals surface area contributed by atoms with E-state index in [9.17, 15) is 18.7 Å². The molecule has 2 heterocycles. The number of carbonyl (C=O) groups is 1. The van der Waals surface area contributed by atoms with Crippen LogP contribution in [0.1, 0.15) is 28.8 Å². The van der Waals surface area contributed by atoms with Crippen molar-refractivity contribution in [3.63, 3.8) is 0 Å². The van der Waals surface area contributed by atoms with Crippen LogP contribution in [-0.4, -0.2) is 35.2 Å². The summed E-state index contributed by atoms with van der Waals surface area (Å²) in [5.41, 5.74) is 8.28. The van der Waals surface area contributed by atoms with Crippen LogP contribution in [0.2, 0.25) is 0 Å². The summed E-state index contributed by atoms with van der Waals surface area (Å²) in [5.74, 6) is -1.55. The van der Waals surface area contributed by atoms with Gasteiger partial charge in [-0.15, -0.1) is 0 Å². The number of amides is 1. The fraction of sp³-hybridized carbons (Fsp3) is 0.250. The van der Waals surface area contributed by atoms with Crippen molar-refractivity contribution >= 4 is 28.8 Å². The highest BCUT2D eigenvalue weighted by Gasteiger charge is 2.17. The van der Waals surface area contributed by atoms with Gasteiger partial charge in [-0.25, -0.2) is 13.8 Å². The van der Waals surface area contributed by atoms with Crippen molar-refractivity contribution in [1.29, 1.82) is 0 Å². The topological polar surface area (TPSA) is 104 Å². The molecule has 0 unspecified atom stereocenters. The third-order valence-corrected chi connectivity index (χ3v) is 5.54. The van der Waals surface area contributed by atoms with Crippen molar-refractivity contribution in [2.45, 2.75) is 25.5 Å². The van der Waals surface area contributed by atoms with Gasteiger partial charge in [0.15, 0.2) is 0 Å². The minimum absolute atomic E-state index is 0.0949. The van der Waals surface area contributed by atoms with E-state index in [1.807, 2.05) is 24.3 Å². The van der Waals surface area contributed by atoms with E-state index in [1.54, 1.807) is 6.07 Å². The molecule has 0 spiro atoms. The maximum Gasteiger partial charge on any atom is 0.252 e. The van der Waals surface area contributed by atoms with Crippen molar-refractivity contribution in [2.24, 2.45) is 5.73 Å². The van der Waals surface area contributed by atoms with E-state index in [1.165, 1.54) is 18.3 Å². The third kappa shape index (κ3) is 5.75. The van der Waals surface area contributed by atoms with E-state index in [2.05, 4.69) is 20.5 Å². The smallest absolute Gasteiger partial charge is 0.252 e. The first kappa shape index (κ1) is 22.5. The van der Waals surface area contributed by atoms with Crippen molar-refractivity contribution in [3.05, 3.63) is 77.5 Å². The molecule has 0 radical (unpaired) electrons. The SMILES string of the molecule is NC(=O)c1cnc(Nc2ccc(N3CCC(O)CC3)cc2)cc1NCc1cc(F)cc(F)c1. The zero-order chi connectivity index (χ0) is 23.4. The molecule has 4 rings (SSSR count). The Hall–Kier alpha value is -3.72. The molecule has 2 aromatic carbocycles. The average Bonchev–Trinajstić information content (AvgIpc) is 2.78. The first-order chi connectivity index (χ1) is 15.9. The molecule has 1 amide bonds. The molecular formula is C24H25F2N5O2. The summed E-state index contributed by atoms with van der Waals surface area (Å²) in [6.45, 7) is 1.72. The van der Waals surface area contributed by atoms with Gasteiger partial charge in [0.25, 0.3) is 5.91 Å². The summed E-state index contributed by atoms with van der Waals surface area (Å²) < 4.78 is 26.9. The number of rotatable bonds is 7. The predicted molar refractivity (Wildman–Crippen MR) is 124 cm³/mol. The Bertz CT molecular complexity index is 1110. The third-order valence-electron chi connectivity index (χ3n) is 5.54. The number of pyridine rings is 1. The highest BCUT2D eigenvalue weighted by atomic mass is 19.1. The number of piperidine rings is 1. The zero-order valence-corrected chi connectivity index (χ0v) is 17.9. The van der Waals surface area contributed by atoms with Gasteiger partial charge < -0.3 is 26.4 Å². The standard InChI is InChI=1S/C24H25F2N5O2/c25-16-9-15(10-17(26)11-16)13-28-22-12-23(29-14-21(22)24(27)33)30-18-1-3-19(4-2-18)31-7-5-20(32)6-8-31/h1-4,9-12,14,20,32H,5-8,13H2,(H2,27,33)(H2,28,29,30). The van der Waals surface area contributed by atoms with Crippen LogP contribution in [0.25, 0.3) is 0 Å². The molecule has 1 aliphatic rings. The van der Waals surface area contributed by atoms with Crippen molar-refractivity contribution in [2.75, 3.05) is 28.6 Å². The van der Waals surface area contributed by atoms with Crippen LogP contribution in [0, 0.1) is 11.6 Å². The quantitative estimate of drug-likeness (QED) is 0.434. The normalized spacial score (nSPS) is 14.2. The summed E-state index contributed by atoms with van der Waals surface area (Å²) in [6, 6.07) is 12.7. The Morgan fingerprint density at radius 3 is 2.39 bits per heavy atom. The summed E-state index contributed by atoms with van der Waals surface area (Å²) in [6.07, 6.45) is 2.65. The van der Waals surface area contributed by atoms with E-state index in [4.69, 9.17) is 5.73 Å². The number of anilines is 4. The van der Waals surface area contributed by atoms with Crippen LogP contribution in [0.4, 0.5) is 31.7 Å². The van der Waals surface area contributed by atoms with E-state index in [-0.39, 0.29) is 18.2 Å². The van der Waals surface area contributed by atoms with E-state index < -0.39 is 17.5 Å². The minimum Gasteiger partial charge on any atom is -0.393 e. The molecule has 3 aromatic rings. The fourth-order valence-corrected chi connectivity index (χ4v) is 3.80. The molecule has 5 N–H and O–H groups in total. The molecule has 172 valence electrons. The molecule has 1 aliphatic heterocycles. The second-order valence-corrected chi connectivity index (χ2v) is 8.00. The number of nitrogens with zero attached hydrogens (tertiary/aromatic N) is 2. The number of benzene rings is 2. The van der Waals surface area contributed by atoms with E-state index >= 15 is 0 Å². The van der Waals surface area contributed by atoms with Crippen molar-refractivity contribution in [3.8, 4) is 0 Å². The highest BCUT2D eigenvalue weighted by Crippen LogP contribution is 2.25. The first-order valence-corrected chi connectivity index (χ1v) is 10.7. The maximum absolute atomic E-state index is 13.5. The lowest BCUT2D eigenvalue weighted by Gasteiger charge is -2.31. The number of primary amides is 1. The van der Waals surface area contributed by atoms with Gasteiger partial charge in [-0.05, 0) is 54.8 Å². The lowest BCUT2D eigenvalue weighted by molar-refractivity contribution is 0.100. The fourth-order valence-electron chi connectivity index (χ4n) is 3.80. The molecule has 1 fully saturated rings. The number of carbonyl (C=O) groups excluding carboxylic acids is 1. The lowest BCUT2D eigenvalue weighted by atomic mass is 10.1. The number of nitrogens with one attached hydrogen (secondary N) is 2. The van der Waals surface area contributed by atoms with Gasteiger partial charge in [0, 0.05) is 49.3 Å². The number of hydrogen-bond donors (Lipinski definition) is 4. The second-order valence-electron chi connectivity index (χ2n) is 8.00. The number of aliphatic hydroxyl groups excluding tert-OH is 1. The van der Waals surface area contributed by atoms with Crippen molar-refractivity contribution in [1.82, 2.24) is 4.98 Å². The van der Waals surface area contributed by atoms with Gasteiger partial charge in [-0.2, -0.15) is 0 Å². The highest BCUT2D eigenvalue weighted by molar-refractivity contribution is 5.98. The van der Waals surface area contributed by atoms with Crippen molar-refractivity contribution < 1.29 is 18.7 Å². The lowest BCUT2D eigenvalue weighted by Crippen LogP contribution is -2.35. The molecule has 1 aromatic heterocycles. The van der Waals surface area contributed by atoms with E-state index in [0.29, 0.717) is 17.1 Å². The molecule has 33 heavy (non-hydrogen) atoms. The summed E-state index contributed by atoms with van der Waals surface area (Å²) in [5, 5.41) is 15.9. The Labute approximate surface area is 190 Å². The summed E-state index contributed by atoms with van der Waals surface area (Å²) >= 11 is 0. The number of aromatic nitrogens is 1. The molecule has 9 heteroatoms. The average molecular weight is 453 g/mol. The maximum atomic E-state index is 13.5. The molecule has 7 nitrogen and oxygen atoms in total. The molecule has 0 atom stereocenters. The Morgan fingerprint density at radius 2 is 1.76 bits per heavy atom. The molecule has 0 aliphatic carbocycles. The van der Waals surface area contributed by atoms with Gasteiger partial charge >= 0.3 is 0 Å². The summed E-state index contributed by atoms with van der Waals surface area (Å²) in [4.78, 5) is 18.3. The van der Waals surface area contributed by atoms with Crippen LogP contribution in [0.15, 0.2) is 54.7 Å². The Kier molecular flexibility index (Phi) is 6.69. The van der Waals surface area contributed by atoms with Crippen LogP contribution in [-0.2, 0) is 6.54 Å². The Morgan fingerprint density at radius 1 is 1.09 bits per heavy atom. The largest absolute Gasteiger partial charge is 0.393 e. The van der Waals surface area contributed by atoms with Gasteiger partial charge in [0.2, 0.25) is 0 Å². The summed E-state index contributed by atoms with van der Waals surface area (Å²) in [7, 11) is 0. The molecule has 1 saturated heterocycles. The van der Waals surface area contributed by atoms with Crippen LogP contribution in [0.5, 0.6) is 0 Å². The number of nitrogens with two attached hydrogens (primary N) is 1. The van der Waals surface area contributed by atoms with Crippen LogP contribution in [0.3, 0.4) is 0 Å². The molecule has 0 saturated carbocycles. The van der Waals surface area contributed by atoms with Crippen LogP contribution < -0.4 is 21.3 Å². The van der Waals surface area contributed by atoms with Gasteiger partial charge in [0.1, 0.15) is 17.5 Å². The second kappa shape index (κ2) is 9.83. The minimum atomic E-state index is -0.678. The van der Waals surface area contributed by atoms with Gasteiger partial charge in [-0.3, -0.25) is 4.79 Å². The Balaban J connectivity index is 1.47. The number of aliphatic hydroxyl groups is 1. The van der Waals surface area contributed by atoms with Gasteiger partial charge in [-0.1, -0.05) is 0 Å². The number of hydrogen-bond acceptors (Lipinski definition) is 6. The number of halogens is 2.